The molecule has 10 nitrogen and oxygen atoms in total. The number of nitro benzene ring substituents is 1. The van der Waals surface area contributed by atoms with Crippen LogP contribution in [0, 0.1) is 16.0 Å². The zero-order valence-electron chi connectivity index (χ0n) is 23.1. The molecular weight excluding hydrogens is 516 g/mol. The minimum absolute atomic E-state index is 0.0727. The maximum atomic E-state index is 13.3. The highest BCUT2D eigenvalue weighted by Gasteiger charge is 2.42. The Kier molecular flexibility index (Phi) is 11.4. The van der Waals surface area contributed by atoms with Crippen molar-refractivity contribution in [2.24, 2.45) is 10.9 Å². The molecule has 1 aliphatic rings. The third kappa shape index (κ3) is 7.98. The summed E-state index contributed by atoms with van der Waals surface area (Å²) >= 11 is 0. The second-order valence-corrected chi connectivity index (χ2v) is 9.47. The summed E-state index contributed by atoms with van der Waals surface area (Å²) in [7, 11) is 0. The fourth-order valence-electron chi connectivity index (χ4n) is 4.72. The molecule has 0 bridgehead atoms. The Balaban J connectivity index is 1.69. The Labute approximate surface area is 233 Å². The molecule has 0 spiro atoms. The number of unbranched alkanes of at least 4 members (excludes halogenated alkanes) is 1. The first-order chi connectivity index (χ1) is 19.3. The van der Waals surface area contributed by atoms with Gasteiger partial charge in [-0.2, -0.15) is 0 Å². The number of esters is 2. The average molecular weight is 553 g/mol. The molecule has 0 amide bonds. The summed E-state index contributed by atoms with van der Waals surface area (Å²) in [6.07, 6.45) is 3.02. The average Bonchev–Trinajstić information content (AvgIpc) is 2.93. The largest absolute Gasteiger partial charge is 0.493 e. The van der Waals surface area contributed by atoms with E-state index >= 15 is 0 Å². The lowest BCUT2D eigenvalue weighted by atomic mass is 9.75. The van der Waals surface area contributed by atoms with E-state index in [1.165, 1.54) is 23.8 Å². The highest BCUT2D eigenvalue weighted by molar-refractivity contribution is 6.07. The fraction of sp³-hybridized carbons (Fsp3) is 0.433. The standard InChI is InChI=1S/C30H36N2O8/c1-4-38-29(34)26-20(2)31-21(3)27(28(26)23-10-7-11-24(19-23)32(36)37)30(35)40-18-8-17-39-25-14-12-22(13-15-25)9-5-6-16-33/h7,10-15,19,26,28,33H,4-6,8-9,16-18H2,1-3H3. The van der Waals surface area contributed by atoms with Gasteiger partial charge in [-0.05, 0) is 63.3 Å². The van der Waals surface area contributed by atoms with Crippen molar-refractivity contribution in [1.82, 2.24) is 0 Å². The predicted molar refractivity (Wildman–Crippen MR) is 149 cm³/mol. The summed E-state index contributed by atoms with van der Waals surface area (Å²) in [4.78, 5) is 41.7. The van der Waals surface area contributed by atoms with Gasteiger partial charge in [0.15, 0.2) is 0 Å². The number of aryl methyl sites for hydroxylation is 1. The van der Waals surface area contributed by atoms with Crippen molar-refractivity contribution in [2.45, 2.75) is 52.4 Å². The molecule has 0 fully saturated rings. The van der Waals surface area contributed by atoms with Crippen molar-refractivity contribution >= 4 is 23.3 Å². The van der Waals surface area contributed by atoms with Crippen molar-refractivity contribution in [3.8, 4) is 5.75 Å². The van der Waals surface area contributed by atoms with E-state index in [4.69, 9.17) is 19.3 Å². The van der Waals surface area contributed by atoms with Crippen LogP contribution in [0.25, 0.3) is 0 Å². The van der Waals surface area contributed by atoms with Gasteiger partial charge >= 0.3 is 11.9 Å². The minimum atomic E-state index is -0.928. The molecule has 214 valence electrons. The number of aliphatic imine (C=N–C) groups is 1. The smallest absolute Gasteiger partial charge is 0.336 e. The molecule has 2 aromatic carbocycles. The van der Waals surface area contributed by atoms with E-state index in [-0.39, 0.29) is 31.1 Å². The second-order valence-electron chi connectivity index (χ2n) is 9.47. The summed E-state index contributed by atoms with van der Waals surface area (Å²) in [6.45, 7) is 5.74. The van der Waals surface area contributed by atoms with Crippen LogP contribution < -0.4 is 4.74 Å². The molecule has 1 N–H and O–H groups in total. The molecule has 0 saturated carbocycles. The number of aliphatic hydroxyl groups is 1. The molecule has 0 aromatic heterocycles. The Bertz CT molecular complexity index is 1250. The summed E-state index contributed by atoms with van der Waals surface area (Å²) in [5, 5.41) is 20.3. The monoisotopic (exact) mass is 552 g/mol. The van der Waals surface area contributed by atoms with Crippen molar-refractivity contribution in [2.75, 3.05) is 26.4 Å². The van der Waals surface area contributed by atoms with Crippen molar-refractivity contribution in [3.63, 3.8) is 0 Å². The number of carbonyl (C=O) groups excluding carboxylic acids is 2. The molecule has 10 heteroatoms. The number of rotatable bonds is 14. The zero-order chi connectivity index (χ0) is 29.1. The van der Waals surface area contributed by atoms with Crippen LogP contribution >= 0.6 is 0 Å². The third-order valence-corrected chi connectivity index (χ3v) is 6.62. The lowest BCUT2D eigenvalue weighted by Gasteiger charge is -2.31. The van der Waals surface area contributed by atoms with Gasteiger partial charge in [0.1, 0.15) is 11.7 Å². The molecule has 2 aromatic rings. The van der Waals surface area contributed by atoms with E-state index in [0.29, 0.717) is 35.7 Å². The number of non-ortho nitro benzene ring substituents is 1. The summed E-state index contributed by atoms with van der Waals surface area (Å²) < 4.78 is 16.6. The zero-order valence-corrected chi connectivity index (χ0v) is 23.1. The van der Waals surface area contributed by atoms with E-state index in [9.17, 15) is 19.7 Å². The fourth-order valence-corrected chi connectivity index (χ4v) is 4.72. The summed E-state index contributed by atoms with van der Waals surface area (Å²) in [5.41, 5.74) is 2.45. The van der Waals surface area contributed by atoms with Gasteiger partial charge in [-0.25, -0.2) is 4.79 Å². The first-order valence-electron chi connectivity index (χ1n) is 13.4. The maximum Gasteiger partial charge on any atom is 0.336 e. The topological polar surface area (TPSA) is 138 Å². The van der Waals surface area contributed by atoms with Gasteiger partial charge in [0.2, 0.25) is 0 Å². The van der Waals surface area contributed by atoms with E-state index in [1.54, 1.807) is 26.8 Å². The predicted octanol–water partition coefficient (Wildman–Crippen LogP) is 4.93. The number of nitro groups is 1. The number of hydrogen-bond donors (Lipinski definition) is 1. The lowest BCUT2D eigenvalue weighted by Crippen LogP contribution is -2.36. The number of hydrogen-bond acceptors (Lipinski definition) is 9. The molecular formula is C30H36N2O8. The normalized spacial score (nSPS) is 16.8. The number of aliphatic hydroxyl groups excluding tert-OH is 1. The third-order valence-electron chi connectivity index (χ3n) is 6.62. The second kappa shape index (κ2) is 14.9. The first kappa shape index (κ1) is 30.5. The Morgan fingerprint density at radius 2 is 1.77 bits per heavy atom. The Morgan fingerprint density at radius 3 is 2.45 bits per heavy atom. The quantitative estimate of drug-likeness (QED) is 0.151. The molecule has 2 unspecified atom stereocenters. The molecule has 3 rings (SSSR count). The van der Waals surface area contributed by atoms with Crippen LogP contribution in [0.15, 0.2) is 64.8 Å². The van der Waals surface area contributed by atoms with Crippen LogP contribution in [-0.2, 0) is 25.5 Å². The van der Waals surface area contributed by atoms with Crippen LogP contribution in [-0.4, -0.2) is 54.1 Å². The molecule has 40 heavy (non-hydrogen) atoms. The van der Waals surface area contributed by atoms with Crippen molar-refractivity contribution in [1.29, 1.82) is 0 Å². The number of ether oxygens (including phenoxy) is 3. The minimum Gasteiger partial charge on any atom is -0.493 e. The molecule has 0 aliphatic carbocycles. The lowest BCUT2D eigenvalue weighted by molar-refractivity contribution is -0.384. The van der Waals surface area contributed by atoms with Crippen molar-refractivity contribution < 1.29 is 33.8 Å². The highest BCUT2D eigenvalue weighted by atomic mass is 16.6. The SMILES string of the molecule is CCOC(=O)C1C(C)=NC(C)=C(C(=O)OCCCOc2ccc(CCCCO)cc2)C1c1cccc([N+](=O)[O-])c1. The van der Waals surface area contributed by atoms with Gasteiger partial charge in [0.05, 0.1) is 30.3 Å². The number of allylic oxidation sites excluding steroid dienone is 1. The van der Waals surface area contributed by atoms with Crippen LogP contribution in [0.2, 0.25) is 0 Å². The van der Waals surface area contributed by atoms with Gasteiger partial charge < -0.3 is 19.3 Å². The Hall–Kier alpha value is -4.05. The van der Waals surface area contributed by atoms with E-state index in [1.807, 2.05) is 24.3 Å². The van der Waals surface area contributed by atoms with Crippen LogP contribution in [0.3, 0.4) is 0 Å². The Morgan fingerprint density at radius 1 is 1.02 bits per heavy atom. The van der Waals surface area contributed by atoms with Gasteiger partial charge in [-0.15, -0.1) is 0 Å². The molecule has 0 saturated heterocycles. The van der Waals surface area contributed by atoms with Gasteiger partial charge in [0.25, 0.3) is 5.69 Å². The van der Waals surface area contributed by atoms with E-state index < -0.39 is 28.7 Å². The molecule has 1 heterocycles. The molecule has 2 atom stereocenters. The summed E-state index contributed by atoms with van der Waals surface area (Å²) in [6, 6.07) is 13.6. The number of carbonyl (C=O) groups is 2. The molecule has 0 radical (unpaired) electrons. The van der Waals surface area contributed by atoms with E-state index in [0.717, 1.165) is 19.3 Å². The number of benzene rings is 2. The maximum absolute atomic E-state index is 13.3. The first-order valence-corrected chi connectivity index (χ1v) is 13.4. The van der Waals surface area contributed by atoms with E-state index in [2.05, 4.69) is 4.99 Å². The van der Waals surface area contributed by atoms with Gasteiger partial charge in [-0.3, -0.25) is 19.9 Å². The van der Waals surface area contributed by atoms with Crippen LogP contribution in [0.5, 0.6) is 5.75 Å². The van der Waals surface area contributed by atoms with Crippen LogP contribution in [0.4, 0.5) is 5.69 Å². The summed E-state index contributed by atoms with van der Waals surface area (Å²) in [5.74, 6) is -2.28. The van der Waals surface area contributed by atoms with Gasteiger partial charge in [-0.1, -0.05) is 24.3 Å². The van der Waals surface area contributed by atoms with Crippen molar-refractivity contribution in [3.05, 3.63) is 81.0 Å². The highest BCUT2D eigenvalue weighted by Crippen LogP contribution is 2.41. The molecule has 1 aliphatic heterocycles. The van der Waals surface area contributed by atoms with Crippen LogP contribution in [0.1, 0.15) is 57.1 Å². The number of nitrogens with zero attached hydrogens (tertiary/aromatic N) is 2. The van der Waals surface area contributed by atoms with Gasteiger partial charge in [0, 0.05) is 42.5 Å².